The Morgan fingerprint density at radius 1 is 1.28 bits per heavy atom. The van der Waals surface area contributed by atoms with Crippen molar-refractivity contribution in [2.24, 2.45) is 0 Å². The van der Waals surface area contributed by atoms with Gasteiger partial charge < -0.3 is 29.5 Å². The quantitative estimate of drug-likeness (QED) is 0.488. The lowest BCUT2D eigenvalue weighted by Crippen LogP contribution is -2.33. The molecule has 2 atom stereocenters. The van der Waals surface area contributed by atoms with Gasteiger partial charge in [-0.1, -0.05) is 0 Å². The largest absolute Gasteiger partial charge is 0.382 e. The van der Waals surface area contributed by atoms with E-state index in [1.165, 1.54) is 0 Å². The third-order valence-corrected chi connectivity index (χ3v) is 1.88. The predicted molar refractivity (Wildman–Crippen MR) is 68.6 cm³/mol. The molecule has 0 aromatic rings. The van der Waals surface area contributed by atoms with Gasteiger partial charge in [-0.15, -0.1) is 0 Å². The van der Waals surface area contributed by atoms with E-state index in [2.05, 4.69) is 5.32 Å². The summed E-state index contributed by atoms with van der Waals surface area (Å²) >= 11 is 0. The van der Waals surface area contributed by atoms with Crippen LogP contribution in [0.4, 0.5) is 0 Å². The highest BCUT2D eigenvalue weighted by molar-refractivity contribution is 5.68. The summed E-state index contributed by atoms with van der Waals surface area (Å²) in [6.07, 6.45) is -1.72. The molecule has 0 saturated carbocycles. The van der Waals surface area contributed by atoms with Crippen LogP contribution in [0.3, 0.4) is 0 Å². The molecule has 6 heteroatoms. The Balaban J connectivity index is 0. The minimum Gasteiger partial charge on any atom is -0.382 e. The van der Waals surface area contributed by atoms with Gasteiger partial charge in [-0.3, -0.25) is 0 Å². The molecule has 0 spiro atoms. The van der Waals surface area contributed by atoms with Crippen molar-refractivity contribution >= 4 is 12.6 Å². The molecule has 6 nitrogen and oxygen atoms in total. The summed E-state index contributed by atoms with van der Waals surface area (Å²) in [7, 11) is 3.44. The van der Waals surface area contributed by atoms with Crippen molar-refractivity contribution in [1.82, 2.24) is 5.32 Å². The number of rotatable bonds is 7. The van der Waals surface area contributed by atoms with Crippen molar-refractivity contribution < 1.29 is 24.2 Å². The normalized spacial score (nSPS) is 14.1. The van der Waals surface area contributed by atoms with Crippen LogP contribution in [0.15, 0.2) is 0 Å². The summed E-state index contributed by atoms with van der Waals surface area (Å²) < 4.78 is 9.81. The monoisotopic (exact) mass is 263 g/mol. The molecule has 0 heterocycles. The van der Waals surface area contributed by atoms with E-state index in [4.69, 9.17) is 14.6 Å². The molecule has 108 valence electrons. The molecule has 0 fully saturated rings. The molecule has 0 aromatic heterocycles. The van der Waals surface area contributed by atoms with Gasteiger partial charge in [0.2, 0.25) is 0 Å². The van der Waals surface area contributed by atoms with E-state index in [0.29, 0.717) is 12.8 Å². The van der Waals surface area contributed by atoms with Crippen LogP contribution >= 0.6 is 0 Å². The predicted octanol–water partition coefficient (Wildman–Crippen LogP) is -0.219. The van der Waals surface area contributed by atoms with Crippen LogP contribution in [-0.2, 0) is 19.1 Å². The van der Waals surface area contributed by atoms with Crippen molar-refractivity contribution in [2.75, 3.05) is 27.3 Å². The average Bonchev–Trinajstić information content (AvgIpc) is 2.34. The van der Waals surface area contributed by atoms with Gasteiger partial charge in [0, 0.05) is 13.7 Å². The van der Waals surface area contributed by atoms with Crippen LogP contribution in [0.2, 0.25) is 0 Å². The molecule has 0 amide bonds. The molecule has 18 heavy (non-hydrogen) atoms. The molecule has 0 aliphatic carbocycles. The van der Waals surface area contributed by atoms with Crippen LogP contribution in [0.1, 0.15) is 20.8 Å². The molecular weight excluding hydrogens is 238 g/mol. The fourth-order valence-corrected chi connectivity index (χ4v) is 0.593. The maximum absolute atomic E-state index is 10.2. The van der Waals surface area contributed by atoms with Crippen molar-refractivity contribution in [3.8, 4) is 0 Å². The molecule has 0 aromatic carbocycles. The molecule has 1 unspecified atom stereocenters. The number of methoxy groups -OCH3 is 1. The maximum Gasteiger partial charge on any atom is 0.151 e. The first-order chi connectivity index (χ1) is 8.32. The summed E-state index contributed by atoms with van der Waals surface area (Å²) in [5, 5.41) is 11.7. The first-order valence-electron chi connectivity index (χ1n) is 5.72. The molecular formula is C12H25NO5. The van der Waals surface area contributed by atoms with E-state index in [-0.39, 0.29) is 18.5 Å². The van der Waals surface area contributed by atoms with Gasteiger partial charge in [-0.2, -0.15) is 0 Å². The summed E-state index contributed by atoms with van der Waals surface area (Å²) in [4.78, 5) is 20.3. The summed E-state index contributed by atoms with van der Waals surface area (Å²) in [5.74, 6) is 0. The number of carbonyl (C=O) groups is 2. The zero-order chi connectivity index (χ0) is 14.6. The molecule has 0 aliphatic heterocycles. The van der Waals surface area contributed by atoms with Gasteiger partial charge >= 0.3 is 0 Å². The Kier molecular flexibility index (Phi) is 12.2. The zero-order valence-corrected chi connectivity index (χ0v) is 11.8. The fraction of sp³-hybridized carbons (Fsp3) is 0.833. The maximum atomic E-state index is 10.2. The third-order valence-electron chi connectivity index (χ3n) is 1.88. The lowest BCUT2D eigenvalue weighted by molar-refractivity contribution is -0.134. The van der Waals surface area contributed by atoms with Gasteiger partial charge in [0.05, 0.1) is 12.2 Å². The average molecular weight is 263 g/mol. The minimum atomic E-state index is -1.36. The van der Waals surface area contributed by atoms with E-state index in [0.717, 1.165) is 0 Å². The van der Waals surface area contributed by atoms with E-state index < -0.39 is 12.2 Å². The lowest BCUT2D eigenvalue weighted by Gasteiger charge is -2.14. The van der Waals surface area contributed by atoms with Crippen LogP contribution < -0.4 is 5.32 Å². The van der Waals surface area contributed by atoms with Crippen LogP contribution in [0, 0.1) is 0 Å². The molecule has 0 saturated heterocycles. The first-order valence-corrected chi connectivity index (χ1v) is 5.72. The number of aldehydes is 2. The number of carbonyl (C=O) groups excluding carboxylic acids is 2. The second-order valence-corrected chi connectivity index (χ2v) is 4.52. The number of hydrogen-bond acceptors (Lipinski definition) is 6. The highest BCUT2D eigenvalue weighted by atomic mass is 16.5. The molecule has 0 rings (SSSR count). The van der Waals surface area contributed by atoms with Gasteiger partial charge in [0.15, 0.2) is 12.6 Å². The van der Waals surface area contributed by atoms with Gasteiger partial charge in [-0.25, -0.2) is 0 Å². The standard InChI is InChI=1S/C7H13NO4.C5H12O/c1-8-2-3-12-7(5-10)6(11)4-9;1-5(2,3)6-4/h4-8,11H,2-3H2,1H3;1-4H3/t6-,7?;/m0./s1. The highest BCUT2D eigenvalue weighted by Crippen LogP contribution is 2.02. The van der Waals surface area contributed by atoms with E-state index in [1.54, 1.807) is 14.2 Å². The molecule has 0 aliphatic rings. The van der Waals surface area contributed by atoms with Gasteiger partial charge in [-0.05, 0) is 27.8 Å². The number of aliphatic hydroxyl groups is 1. The van der Waals surface area contributed by atoms with Crippen molar-refractivity contribution in [3.63, 3.8) is 0 Å². The zero-order valence-electron chi connectivity index (χ0n) is 11.8. The Morgan fingerprint density at radius 3 is 2.06 bits per heavy atom. The summed E-state index contributed by atoms with van der Waals surface area (Å²) in [6.45, 7) is 6.91. The van der Waals surface area contributed by atoms with Crippen LogP contribution in [-0.4, -0.2) is 62.8 Å². The summed E-state index contributed by atoms with van der Waals surface area (Å²) in [5.41, 5.74) is 0.0417. The molecule has 2 N–H and O–H groups in total. The van der Waals surface area contributed by atoms with Crippen molar-refractivity contribution in [1.29, 1.82) is 0 Å². The highest BCUT2D eigenvalue weighted by Gasteiger charge is 2.17. The number of likely N-dealkylation sites (N-methyl/N-ethyl adjacent to an activating group) is 1. The van der Waals surface area contributed by atoms with Crippen molar-refractivity contribution in [2.45, 2.75) is 38.6 Å². The number of ether oxygens (including phenoxy) is 2. The van der Waals surface area contributed by atoms with E-state index >= 15 is 0 Å². The van der Waals surface area contributed by atoms with Crippen LogP contribution in [0.25, 0.3) is 0 Å². The topological polar surface area (TPSA) is 84.9 Å². The summed E-state index contributed by atoms with van der Waals surface area (Å²) in [6, 6.07) is 0. The smallest absolute Gasteiger partial charge is 0.151 e. The Bertz CT molecular complexity index is 215. The fourth-order valence-electron chi connectivity index (χ4n) is 0.593. The van der Waals surface area contributed by atoms with E-state index in [9.17, 15) is 9.59 Å². The Morgan fingerprint density at radius 2 is 1.78 bits per heavy atom. The Hall–Kier alpha value is -0.820. The van der Waals surface area contributed by atoms with Crippen LogP contribution in [0.5, 0.6) is 0 Å². The van der Waals surface area contributed by atoms with Gasteiger partial charge in [0.25, 0.3) is 0 Å². The van der Waals surface area contributed by atoms with Crippen molar-refractivity contribution in [3.05, 3.63) is 0 Å². The second kappa shape index (κ2) is 11.3. The minimum absolute atomic E-state index is 0.0417. The molecule has 0 radical (unpaired) electrons. The number of hydrogen-bond donors (Lipinski definition) is 2. The first kappa shape index (κ1) is 19.5. The number of nitrogens with one attached hydrogen (secondary N) is 1. The lowest BCUT2D eigenvalue weighted by atomic mass is 10.2. The Labute approximate surface area is 109 Å². The van der Waals surface area contributed by atoms with E-state index in [1.807, 2.05) is 20.8 Å². The number of aliphatic hydroxyl groups excluding tert-OH is 1. The molecule has 0 bridgehead atoms. The third kappa shape index (κ3) is 13.2. The SMILES string of the molecule is CNCCOC(C=O)[C@@H](O)C=O.COC(C)(C)C. The second-order valence-electron chi connectivity index (χ2n) is 4.52. The van der Waals surface area contributed by atoms with Gasteiger partial charge in [0.1, 0.15) is 12.2 Å².